The fraction of sp³-hybridized carbons (Fsp3) is 0.304. The number of ether oxygens (including phenoxy) is 2. The Hall–Kier alpha value is -2.54. The molecule has 8 heteroatoms. The van der Waals surface area contributed by atoms with Crippen LogP contribution in [0.5, 0.6) is 0 Å². The second-order valence-electron chi connectivity index (χ2n) is 6.96. The Morgan fingerprint density at radius 3 is 2.65 bits per heavy atom. The lowest BCUT2D eigenvalue weighted by atomic mass is 10.1. The third-order valence-corrected chi connectivity index (χ3v) is 5.21. The van der Waals surface area contributed by atoms with E-state index in [1.165, 1.54) is 6.08 Å². The molecule has 0 aliphatic carbocycles. The molecule has 2 aromatic carbocycles. The average molecular weight is 463 g/mol. The van der Waals surface area contributed by atoms with Crippen LogP contribution >= 0.6 is 23.2 Å². The summed E-state index contributed by atoms with van der Waals surface area (Å²) in [7, 11) is 0. The highest BCUT2D eigenvalue weighted by atomic mass is 35.5. The number of carbonyl (C=O) groups excluding carboxylic acids is 2. The van der Waals surface area contributed by atoms with Gasteiger partial charge in [0.25, 0.3) is 0 Å². The molecule has 6 nitrogen and oxygen atoms in total. The van der Waals surface area contributed by atoms with Crippen LogP contribution in [0, 0.1) is 0 Å². The molecule has 2 aromatic rings. The minimum Gasteiger partial charge on any atom is -0.462 e. The van der Waals surface area contributed by atoms with Crippen LogP contribution in [0.4, 0.5) is 11.4 Å². The number of amides is 1. The van der Waals surface area contributed by atoms with Crippen molar-refractivity contribution >= 4 is 52.5 Å². The topological polar surface area (TPSA) is 67.9 Å². The Bertz CT molecular complexity index is 972. The van der Waals surface area contributed by atoms with Crippen LogP contribution in [0.1, 0.15) is 29.3 Å². The van der Waals surface area contributed by atoms with E-state index in [0.717, 1.165) is 12.1 Å². The molecule has 0 aromatic heterocycles. The summed E-state index contributed by atoms with van der Waals surface area (Å²) in [5.41, 5.74) is 2.36. The van der Waals surface area contributed by atoms with Crippen molar-refractivity contribution in [2.24, 2.45) is 0 Å². The smallest absolute Gasteiger partial charge is 0.340 e. The lowest BCUT2D eigenvalue weighted by molar-refractivity contribution is -0.111. The largest absolute Gasteiger partial charge is 0.462 e. The first-order chi connectivity index (χ1) is 15.0. The maximum atomic E-state index is 12.6. The van der Waals surface area contributed by atoms with E-state index >= 15 is 0 Å². The van der Waals surface area contributed by atoms with Crippen LogP contribution in [0.25, 0.3) is 6.08 Å². The van der Waals surface area contributed by atoms with E-state index in [9.17, 15) is 9.59 Å². The van der Waals surface area contributed by atoms with Gasteiger partial charge in [-0.25, -0.2) is 4.79 Å². The third kappa shape index (κ3) is 6.47. The van der Waals surface area contributed by atoms with Gasteiger partial charge in [-0.3, -0.25) is 4.79 Å². The van der Waals surface area contributed by atoms with Gasteiger partial charge in [0.1, 0.15) is 0 Å². The summed E-state index contributed by atoms with van der Waals surface area (Å²) in [5, 5.41) is 3.75. The zero-order valence-corrected chi connectivity index (χ0v) is 18.7. The summed E-state index contributed by atoms with van der Waals surface area (Å²) in [5.74, 6) is -0.763. The zero-order valence-electron chi connectivity index (χ0n) is 17.2. The maximum Gasteiger partial charge on any atom is 0.340 e. The first kappa shape index (κ1) is 23.1. The minimum absolute atomic E-state index is 0.336. The van der Waals surface area contributed by atoms with Gasteiger partial charge in [0.15, 0.2) is 0 Å². The molecule has 1 saturated heterocycles. The van der Waals surface area contributed by atoms with Crippen molar-refractivity contribution in [2.45, 2.75) is 13.3 Å². The summed E-state index contributed by atoms with van der Waals surface area (Å²) in [4.78, 5) is 27.1. The van der Waals surface area contributed by atoms with Gasteiger partial charge in [-0.2, -0.15) is 0 Å². The molecule has 0 atom stereocenters. The Kier molecular flexibility index (Phi) is 8.35. The number of anilines is 2. The lowest BCUT2D eigenvalue weighted by Crippen LogP contribution is -2.37. The number of rotatable bonds is 7. The van der Waals surface area contributed by atoms with Crippen molar-refractivity contribution in [1.82, 2.24) is 0 Å². The Morgan fingerprint density at radius 2 is 1.94 bits per heavy atom. The maximum absolute atomic E-state index is 12.6. The molecule has 0 bridgehead atoms. The molecule has 1 amide bonds. The molecule has 0 radical (unpaired) electrons. The summed E-state index contributed by atoms with van der Waals surface area (Å²) in [6, 6.07) is 10.3. The van der Waals surface area contributed by atoms with E-state index in [1.54, 1.807) is 36.4 Å². The zero-order chi connectivity index (χ0) is 22.2. The standard InChI is InChI=1S/C23H24Cl2N2O4/c1-2-11-31-23(29)19-15-18(6-7-21(19)27-9-12-30-13-10-27)26-22(28)8-4-16-3-5-17(24)14-20(16)25/h3-8,14-15H,2,9-13H2,1H3,(H,26,28)/b8-4+. The third-order valence-electron chi connectivity index (χ3n) is 4.65. The summed E-state index contributed by atoms with van der Waals surface area (Å²) in [6.45, 7) is 4.84. The van der Waals surface area contributed by atoms with Crippen LogP contribution in [0.3, 0.4) is 0 Å². The first-order valence-corrected chi connectivity index (χ1v) is 10.8. The quantitative estimate of drug-likeness (QED) is 0.460. The van der Waals surface area contributed by atoms with E-state index in [0.29, 0.717) is 59.8 Å². The molecular weight excluding hydrogens is 439 g/mol. The number of nitrogens with zero attached hydrogens (tertiary/aromatic N) is 1. The summed E-state index contributed by atoms with van der Waals surface area (Å²) >= 11 is 12.0. The normalized spacial score (nSPS) is 14.0. The fourth-order valence-electron chi connectivity index (χ4n) is 3.12. The predicted octanol–water partition coefficient (Wildman–Crippen LogP) is 5.05. The average Bonchev–Trinajstić information content (AvgIpc) is 2.77. The van der Waals surface area contributed by atoms with Crippen molar-refractivity contribution < 1.29 is 19.1 Å². The SMILES string of the molecule is CCCOC(=O)c1cc(NC(=O)/C=C/c2ccc(Cl)cc2Cl)ccc1N1CCOCC1. The monoisotopic (exact) mass is 462 g/mol. The van der Waals surface area contributed by atoms with Crippen LogP contribution in [-0.2, 0) is 14.3 Å². The molecule has 31 heavy (non-hydrogen) atoms. The van der Waals surface area contributed by atoms with Crippen molar-refractivity contribution in [1.29, 1.82) is 0 Å². The summed E-state index contributed by atoms with van der Waals surface area (Å²) in [6.07, 6.45) is 3.71. The number of hydrogen-bond donors (Lipinski definition) is 1. The van der Waals surface area contributed by atoms with Crippen LogP contribution < -0.4 is 10.2 Å². The molecule has 3 rings (SSSR count). The van der Waals surface area contributed by atoms with Crippen molar-refractivity contribution in [3.63, 3.8) is 0 Å². The molecule has 0 unspecified atom stereocenters. The molecule has 0 spiro atoms. The number of hydrogen-bond acceptors (Lipinski definition) is 5. The molecule has 0 saturated carbocycles. The number of esters is 1. The highest BCUT2D eigenvalue weighted by Gasteiger charge is 2.20. The second kappa shape index (κ2) is 11.2. The number of benzene rings is 2. The molecule has 164 valence electrons. The van der Waals surface area contributed by atoms with Gasteiger partial charge >= 0.3 is 5.97 Å². The fourth-order valence-corrected chi connectivity index (χ4v) is 3.59. The predicted molar refractivity (Wildman–Crippen MR) is 124 cm³/mol. The highest BCUT2D eigenvalue weighted by molar-refractivity contribution is 6.35. The minimum atomic E-state index is -0.414. The second-order valence-corrected chi connectivity index (χ2v) is 7.80. The molecular formula is C23H24Cl2N2O4. The lowest BCUT2D eigenvalue weighted by Gasteiger charge is -2.30. The van der Waals surface area contributed by atoms with Crippen molar-refractivity contribution in [2.75, 3.05) is 43.1 Å². The van der Waals surface area contributed by atoms with Gasteiger partial charge in [-0.15, -0.1) is 0 Å². The van der Waals surface area contributed by atoms with Gasteiger partial charge in [-0.1, -0.05) is 36.2 Å². The number of halogens is 2. The number of carbonyl (C=O) groups is 2. The van der Waals surface area contributed by atoms with Gasteiger partial charge in [0, 0.05) is 34.9 Å². The number of morpholine rings is 1. The van der Waals surface area contributed by atoms with Crippen molar-refractivity contribution in [3.05, 3.63) is 63.6 Å². The Morgan fingerprint density at radius 1 is 1.16 bits per heavy atom. The Labute approximate surface area is 191 Å². The number of nitrogens with one attached hydrogen (secondary N) is 1. The van der Waals surface area contributed by atoms with Gasteiger partial charge < -0.3 is 19.7 Å². The van der Waals surface area contributed by atoms with Crippen LogP contribution in [0.15, 0.2) is 42.5 Å². The van der Waals surface area contributed by atoms with E-state index < -0.39 is 5.97 Å². The molecule has 1 heterocycles. The van der Waals surface area contributed by atoms with Gasteiger partial charge in [0.05, 0.1) is 31.1 Å². The van der Waals surface area contributed by atoms with Gasteiger partial charge in [0.2, 0.25) is 5.91 Å². The first-order valence-electron chi connectivity index (χ1n) is 10.1. The van der Waals surface area contributed by atoms with Gasteiger partial charge in [-0.05, 0) is 48.4 Å². The van der Waals surface area contributed by atoms with E-state index in [4.69, 9.17) is 32.7 Å². The van der Waals surface area contributed by atoms with Crippen LogP contribution in [0.2, 0.25) is 10.0 Å². The Balaban J connectivity index is 1.77. The molecule has 1 fully saturated rings. The highest BCUT2D eigenvalue weighted by Crippen LogP contribution is 2.27. The molecule has 1 aliphatic rings. The van der Waals surface area contributed by atoms with E-state index in [-0.39, 0.29) is 5.91 Å². The molecule has 1 N–H and O–H groups in total. The molecule has 1 aliphatic heterocycles. The summed E-state index contributed by atoms with van der Waals surface area (Å²) < 4.78 is 10.7. The van der Waals surface area contributed by atoms with E-state index in [2.05, 4.69) is 10.2 Å². The van der Waals surface area contributed by atoms with Crippen LogP contribution in [-0.4, -0.2) is 44.8 Å². The van der Waals surface area contributed by atoms with E-state index in [1.807, 2.05) is 13.0 Å². The van der Waals surface area contributed by atoms with Crippen molar-refractivity contribution in [3.8, 4) is 0 Å².